The molecule has 0 radical (unpaired) electrons. The molecule has 3 aromatic carbocycles. The maximum absolute atomic E-state index is 13.5. The number of hydrogen-bond donors (Lipinski definition) is 1. The zero-order valence-electron chi connectivity index (χ0n) is 24.6. The smallest absolute Gasteiger partial charge is 0.193 e. The molecule has 0 saturated carbocycles. The Hall–Kier alpha value is -3.48. The van der Waals surface area contributed by atoms with Crippen LogP contribution >= 0.6 is 0 Å². The van der Waals surface area contributed by atoms with Crippen LogP contribution in [0.3, 0.4) is 0 Å². The number of Topliss-reactive ketones (excluding diaryl/α,β-unsaturated/α-hetero) is 1. The van der Waals surface area contributed by atoms with Gasteiger partial charge in [-0.2, -0.15) is 0 Å². The van der Waals surface area contributed by atoms with E-state index in [1.54, 1.807) is 26.4 Å². The van der Waals surface area contributed by atoms with Gasteiger partial charge in [-0.15, -0.1) is 0 Å². The number of ketones is 2. The number of aromatic nitrogens is 1. The largest absolute Gasteiger partial charge is 0.497 e. The van der Waals surface area contributed by atoms with Crippen LogP contribution in [0.5, 0.6) is 5.75 Å². The summed E-state index contributed by atoms with van der Waals surface area (Å²) in [4.78, 5) is 26.7. The van der Waals surface area contributed by atoms with Crippen LogP contribution in [0.1, 0.15) is 71.7 Å². The molecule has 1 N–H and O–H groups in total. The van der Waals surface area contributed by atoms with Crippen LogP contribution in [0.4, 0.5) is 0 Å². The second kappa shape index (κ2) is 13.5. The minimum atomic E-state index is -0.0347. The number of methoxy groups -OCH3 is 2. The second-order valence-corrected chi connectivity index (χ2v) is 11.4. The first kappa shape index (κ1) is 29.0. The Morgan fingerprint density at radius 3 is 2.10 bits per heavy atom. The van der Waals surface area contributed by atoms with E-state index < -0.39 is 0 Å². The van der Waals surface area contributed by atoms with E-state index in [9.17, 15) is 9.59 Å². The number of carbonyl (C=O) groups excluding carboxylic acids is 2. The van der Waals surface area contributed by atoms with Gasteiger partial charge in [0.25, 0.3) is 0 Å². The molecule has 1 fully saturated rings. The molecular weight excluding hydrogens is 512 g/mol. The van der Waals surface area contributed by atoms with Gasteiger partial charge < -0.3 is 19.4 Å². The summed E-state index contributed by atoms with van der Waals surface area (Å²) < 4.78 is 13.2. The maximum Gasteiger partial charge on any atom is 0.193 e. The molecule has 1 atom stereocenters. The van der Waals surface area contributed by atoms with Crippen molar-refractivity contribution in [3.8, 4) is 5.75 Å². The van der Waals surface area contributed by atoms with Crippen LogP contribution in [-0.2, 0) is 11.3 Å². The van der Waals surface area contributed by atoms with Gasteiger partial charge in [0, 0.05) is 64.5 Å². The predicted molar refractivity (Wildman–Crippen MR) is 165 cm³/mol. The molecule has 1 aliphatic rings. The monoisotopic (exact) mass is 554 g/mol. The van der Waals surface area contributed by atoms with E-state index in [1.165, 1.54) is 19.3 Å². The van der Waals surface area contributed by atoms with Gasteiger partial charge in [-0.3, -0.25) is 9.59 Å². The molecule has 41 heavy (non-hydrogen) atoms. The summed E-state index contributed by atoms with van der Waals surface area (Å²) in [5.74, 6) is 1.80. The second-order valence-electron chi connectivity index (χ2n) is 11.4. The van der Waals surface area contributed by atoms with Gasteiger partial charge in [-0.25, -0.2) is 0 Å². The first-order valence-corrected chi connectivity index (χ1v) is 15.0. The lowest BCUT2D eigenvalue weighted by Crippen LogP contribution is -2.48. The molecule has 0 aliphatic carbocycles. The van der Waals surface area contributed by atoms with Gasteiger partial charge in [-0.05, 0) is 86.1 Å². The van der Waals surface area contributed by atoms with Gasteiger partial charge in [0.15, 0.2) is 11.6 Å². The maximum atomic E-state index is 13.5. The van der Waals surface area contributed by atoms with Crippen molar-refractivity contribution in [2.45, 2.75) is 52.0 Å². The lowest BCUT2D eigenvalue weighted by Gasteiger charge is -2.35. The van der Waals surface area contributed by atoms with Crippen molar-refractivity contribution in [1.29, 1.82) is 0 Å². The summed E-state index contributed by atoms with van der Waals surface area (Å²) in [5.41, 5.74) is 4.15. The Morgan fingerprint density at radius 1 is 0.854 bits per heavy atom. The molecule has 6 heteroatoms. The molecule has 0 bridgehead atoms. The van der Waals surface area contributed by atoms with Gasteiger partial charge in [0.2, 0.25) is 0 Å². The summed E-state index contributed by atoms with van der Waals surface area (Å²) in [6, 6.07) is 19.3. The molecule has 1 saturated heterocycles. The van der Waals surface area contributed by atoms with E-state index in [4.69, 9.17) is 9.47 Å². The summed E-state index contributed by atoms with van der Waals surface area (Å²) in [5, 5.41) is 5.41. The van der Waals surface area contributed by atoms with E-state index in [1.807, 2.05) is 36.4 Å². The fourth-order valence-corrected chi connectivity index (χ4v) is 5.99. The summed E-state index contributed by atoms with van der Waals surface area (Å²) in [7, 11) is 3.38. The number of hydrogen-bond acceptors (Lipinski definition) is 5. The topological polar surface area (TPSA) is 69.6 Å². The molecule has 5 rings (SSSR count). The van der Waals surface area contributed by atoms with E-state index >= 15 is 0 Å². The lowest BCUT2D eigenvalue weighted by atomic mass is 9.88. The van der Waals surface area contributed by atoms with Crippen LogP contribution in [0, 0.1) is 11.8 Å². The first-order chi connectivity index (χ1) is 20.0. The number of unbranched alkanes of at least 4 members (excludes halogenated alkanes) is 4. The highest BCUT2D eigenvalue weighted by atomic mass is 16.5. The molecular formula is C35H42N2O4. The van der Waals surface area contributed by atoms with Gasteiger partial charge in [-0.1, -0.05) is 32.6 Å². The molecule has 1 aromatic heterocycles. The highest BCUT2D eigenvalue weighted by molar-refractivity contribution is 6.15. The average Bonchev–Trinajstić information content (AvgIpc) is 3.27. The first-order valence-electron chi connectivity index (χ1n) is 15.0. The van der Waals surface area contributed by atoms with Crippen LogP contribution in [0.15, 0.2) is 60.7 Å². The molecule has 1 aliphatic heterocycles. The zero-order valence-corrected chi connectivity index (χ0v) is 24.6. The Balaban J connectivity index is 1.53. The summed E-state index contributed by atoms with van der Waals surface area (Å²) >= 11 is 0. The highest BCUT2D eigenvalue weighted by Crippen LogP contribution is 2.34. The minimum Gasteiger partial charge on any atom is -0.497 e. The van der Waals surface area contributed by atoms with Crippen molar-refractivity contribution in [3.05, 3.63) is 77.4 Å². The molecule has 0 spiro atoms. The van der Waals surface area contributed by atoms with Crippen molar-refractivity contribution in [2.24, 2.45) is 11.8 Å². The number of nitrogens with one attached hydrogen (secondary N) is 1. The average molecular weight is 555 g/mol. The Kier molecular flexibility index (Phi) is 9.53. The third kappa shape index (κ3) is 6.39. The normalized spacial score (nSPS) is 14.3. The van der Waals surface area contributed by atoms with Crippen molar-refractivity contribution in [3.63, 3.8) is 0 Å². The van der Waals surface area contributed by atoms with Crippen LogP contribution < -0.4 is 10.1 Å². The van der Waals surface area contributed by atoms with E-state index in [2.05, 4.69) is 28.9 Å². The highest BCUT2D eigenvalue weighted by Gasteiger charge is 2.28. The lowest BCUT2D eigenvalue weighted by molar-refractivity contribution is 0.0891. The summed E-state index contributed by atoms with van der Waals surface area (Å²) in [6.07, 6.45) is 6.18. The van der Waals surface area contributed by atoms with Crippen molar-refractivity contribution in [2.75, 3.05) is 33.9 Å². The predicted octanol–water partition coefficient (Wildman–Crippen LogP) is 7.06. The van der Waals surface area contributed by atoms with E-state index in [-0.39, 0.29) is 11.6 Å². The fraction of sp³-hybridized carbons (Fsp3) is 0.429. The Labute approximate surface area is 243 Å². The Morgan fingerprint density at radius 2 is 1.49 bits per heavy atom. The third-order valence-corrected chi connectivity index (χ3v) is 8.59. The number of benzene rings is 3. The molecule has 6 nitrogen and oxygen atoms in total. The van der Waals surface area contributed by atoms with Crippen LogP contribution in [-0.4, -0.2) is 50.0 Å². The quantitative estimate of drug-likeness (QED) is 0.126. The molecule has 2 heterocycles. The fourth-order valence-electron chi connectivity index (χ4n) is 5.99. The van der Waals surface area contributed by atoms with Gasteiger partial charge in [0.1, 0.15) is 5.75 Å². The number of ether oxygens (including phenoxy) is 2. The molecule has 0 amide bonds. The number of carbonyl (C=O) groups is 2. The van der Waals surface area contributed by atoms with Crippen LogP contribution in [0.25, 0.3) is 21.8 Å². The number of nitrogens with zero attached hydrogens (tertiary/aromatic N) is 1. The minimum absolute atomic E-state index is 0.0347. The standard InChI is InChI=1S/C35H42N2O4/c1-4-5-6-7-8-9-34(38)25-12-16-32-30(18-25)31-19-26(35(39)24-10-14-29(41-3)15-11-24)13-17-33(31)37(32)22-28(23-40-2)27-20-36-21-27/h10-19,27-28,36H,4-9,20-23H2,1-3H3. The zero-order chi connectivity index (χ0) is 28.8. The summed E-state index contributed by atoms with van der Waals surface area (Å²) in [6.45, 7) is 5.71. The SMILES string of the molecule is CCCCCCCC(=O)c1ccc2c(c1)c1cc(C(=O)c3ccc(OC)cc3)ccc1n2CC(COC)C1CNC1. The van der Waals surface area contributed by atoms with Gasteiger partial charge >= 0.3 is 0 Å². The van der Waals surface area contributed by atoms with Gasteiger partial charge in [0.05, 0.1) is 13.7 Å². The van der Waals surface area contributed by atoms with E-state index in [0.29, 0.717) is 36.0 Å². The molecule has 216 valence electrons. The Bertz CT molecular complexity index is 1500. The van der Waals surface area contributed by atoms with Crippen molar-refractivity contribution >= 4 is 33.4 Å². The molecule has 1 unspecified atom stereocenters. The third-order valence-electron chi connectivity index (χ3n) is 8.59. The van der Waals surface area contributed by atoms with Crippen molar-refractivity contribution in [1.82, 2.24) is 9.88 Å². The van der Waals surface area contributed by atoms with Crippen molar-refractivity contribution < 1.29 is 19.1 Å². The number of fused-ring (bicyclic) bond motifs is 3. The molecule has 4 aromatic rings. The van der Waals surface area contributed by atoms with Crippen LogP contribution in [0.2, 0.25) is 0 Å². The number of rotatable bonds is 15. The van der Waals surface area contributed by atoms with E-state index in [0.717, 1.165) is 65.6 Å².